The molecule has 4 heteroatoms. The lowest BCUT2D eigenvalue weighted by Gasteiger charge is -2.39. The zero-order chi connectivity index (χ0) is 14.1. The molecule has 2 bridgehead atoms. The van der Waals surface area contributed by atoms with Gasteiger partial charge in [0.05, 0.1) is 11.6 Å². The van der Waals surface area contributed by atoms with Gasteiger partial charge in [0.1, 0.15) is 5.82 Å². The summed E-state index contributed by atoms with van der Waals surface area (Å²) >= 11 is 0. The summed E-state index contributed by atoms with van der Waals surface area (Å²) in [6.45, 7) is 0. The van der Waals surface area contributed by atoms with Crippen molar-refractivity contribution in [2.24, 2.45) is 5.92 Å². The van der Waals surface area contributed by atoms with Crippen LogP contribution >= 0.6 is 0 Å². The first-order chi connectivity index (χ1) is 9.67. The number of carbonyl (C=O) groups is 1. The summed E-state index contributed by atoms with van der Waals surface area (Å²) in [5, 5.41) is 12.6. The maximum atomic E-state index is 13.4. The Morgan fingerprint density at radius 2 is 2.00 bits per heavy atom. The first kappa shape index (κ1) is 13.3. The quantitative estimate of drug-likeness (QED) is 0.842. The summed E-state index contributed by atoms with van der Waals surface area (Å²) < 4.78 is 13.4. The number of rotatable bonds is 2. The van der Waals surface area contributed by atoms with Gasteiger partial charge in [-0.2, -0.15) is 5.26 Å². The summed E-state index contributed by atoms with van der Waals surface area (Å²) in [5.41, 5.74) is 0.526. The number of Topliss-reactive ketones (excluding diaryl/α,β-unsaturated/α-hetero) is 1. The van der Waals surface area contributed by atoms with E-state index in [0.29, 0.717) is 12.1 Å². The maximum absolute atomic E-state index is 13.4. The van der Waals surface area contributed by atoms with Crippen molar-refractivity contribution in [2.75, 3.05) is 0 Å². The van der Waals surface area contributed by atoms with Crippen LogP contribution in [0.3, 0.4) is 0 Å². The SMILES string of the molecule is N#Cc1ccc(F)cc1C(=O)C1CC2CCCC(C1)N2. The maximum Gasteiger partial charge on any atom is 0.167 e. The summed E-state index contributed by atoms with van der Waals surface area (Å²) in [7, 11) is 0. The fraction of sp³-hybridized carbons (Fsp3) is 0.500. The molecule has 0 saturated carbocycles. The lowest BCUT2D eigenvalue weighted by atomic mass is 9.77. The van der Waals surface area contributed by atoms with Gasteiger partial charge in [0.2, 0.25) is 0 Å². The Kier molecular flexibility index (Phi) is 3.54. The highest BCUT2D eigenvalue weighted by molar-refractivity contribution is 6.00. The second-order valence-electron chi connectivity index (χ2n) is 5.83. The Balaban J connectivity index is 1.86. The van der Waals surface area contributed by atoms with Crippen molar-refractivity contribution in [3.8, 4) is 6.07 Å². The van der Waals surface area contributed by atoms with Crippen LogP contribution in [-0.2, 0) is 0 Å². The molecule has 1 aromatic rings. The van der Waals surface area contributed by atoms with E-state index in [1.165, 1.54) is 24.6 Å². The normalized spacial score (nSPS) is 28.7. The average Bonchev–Trinajstić information content (AvgIpc) is 2.46. The van der Waals surface area contributed by atoms with E-state index >= 15 is 0 Å². The molecule has 0 spiro atoms. The van der Waals surface area contributed by atoms with E-state index in [4.69, 9.17) is 5.26 Å². The highest BCUT2D eigenvalue weighted by Gasteiger charge is 2.35. The molecule has 0 aliphatic carbocycles. The standard InChI is InChI=1S/C16H17FN2O/c17-12-5-4-10(9-18)15(8-12)16(20)11-6-13-2-1-3-14(7-11)19-13/h4-5,8,11,13-14,19H,1-3,6-7H2. The number of fused-ring (bicyclic) bond motifs is 2. The van der Waals surface area contributed by atoms with Crippen LogP contribution in [0.25, 0.3) is 0 Å². The van der Waals surface area contributed by atoms with Crippen molar-refractivity contribution >= 4 is 5.78 Å². The lowest BCUT2D eigenvalue weighted by Crippen LogP contribution is -2.50. The first-order valence-corrected chi connectivity index (χ1v) is 7.17. The molecule has 2 aliphatic rings. The van der Waals surface area contributed by atoms with Crippen molar-refractivity contribution in [3.05, 3.63) is 35.1 Å². The van der Waals surface area contributed by atoms with Gasteiger partial charge in [-0.1, -0.05) is 6.42 Å². The van der Waals surface area contributed by atoms with E-state index in [2.05, 4.69) is 5.32 Å². The zero-order valence-corrected chi connectivity index (χ0v) is 11.2. The molecule has 2 heterocycles. The van der Waals surface area contributed by atoms with Gasteiger partial charge in [-0.25, -0.2) is 4.39 Å². The molecule has 0 aromatic heterocycles. The van der Waals surface area contributed by atoms with Crippen LogP contribution in [0, 0.1) is 23.1 Å². The Morgan fingerprint density at radius 1 is 1.30 bits per heavy atom. The molecule has 1 N–H and O–H groups in total. The summed E-state index contributed by atoms with van der Waals surface area (Å²) in [5.74, 6) is -0.610. The van der Waals surface area contributed by atoms with E-state index in [1.54, 1.807) is 0 Å². The van der Waals surface area contributed by atoms with E-state index in [-0.39, 0.29) is 22.8 Å². The van der Waals surface area contributed by atoms with E-state index < -0.39 is 5.82 Å². The minimum absolute atomic E-state index is 0.0700. The average molecular weight is 272 g/mol. The van der Waals surface area contributed by atoms with E-state index in [1.807, 2.05) is 6.07 Å². The summed E-state index contributed by atoms with van der Waals surface area (Å²) in [6.07, 6.45) is 5.03. The Labute approximate surface area is 117 Å². The number of ketones is 1. The molecular formula is C16H17FN2O. The molecule has 2 aliphatic heterocycles. The first-order valence-electron chi connectivity index (χ1n) is 7.17. The molecule has 0 radical (unpaired) electrons. The number of nitrogens with one attached hydrogen (secondary N) is 1. The van der Waals surface area contributed by atoms with Gasteiger partial charge >= 0.3 is 0 Å². The van der Waals surface area contributed by atoms with Crippen LogP contribution in [0.2, 0.25) is 0 Å². The number of halogens is 1. The van der Waals surface area contributed by atoms with Crippen LogP contribution < -0.4 is 5.32 Å². The number of nitriles is 1. The molecule has 2 saturated heterocycles. The van der Waals surface area contributed by atoms with Crippen molar-refractivity contribution in [1.29, 1.82) is 5.26 Å². The molecule has 2 fully saturated rings. The number of hydrogen-bond acceptors (Lipinski definition) is 3. The van der Waals surface area contributed by atoms with Crippen molar-refractivity contribution in [2.45, 2.75) is 44.2 Å². The van der Waals surface area contributed by atoms with Crippen molar-refractivity contribution < 1.29 is 9.18 Å². The molecule has 1 aromatic carbocycles. The number of benzene rings is 1. The minimum Gasteiger partial charge on any atom is -0.311 e. The third-order valence-corrected chi connectivity index (χ3v) is 4.45. The Bertz CT molecular complexity index is 566. The van der Waals surface area contributed by atoms with Crippen LogP contribution in [0.1, 0.15) is 48.0 Å². The Morgan fingerprint density at radius 3 is 2.65 bits per heavy atom. The highest BCUT2D eigenvalue weighted by atomic mass is 19.1. The predicted octanol–water partition coefficient (Wildman–Crippen LogP) is 2.80. The molecule has 2 atom stereocenters. The van der Waals surface area contributed by atoms with Gasteiger partial charge < -0.3 is 5.32 Å². The van der Waals surface area contributed by atoms with Gasteiger partial charge in [0.25, 0.3) is 0 Å². The van der Waals surface area contributed by atoms with Gasteiger partial charge in [0, 0.05) is 23.6 Å². The molecule has 2 unspecified atom stereocenters. The van der Waals surface area contributed by atoms with Crippen LogP contribution in [0.4, 0.5) is 4.39 Å². The van der Waals surface area contributed by atoms with E-state index in [9.17, 15) is 9.18 Å². The number of carbonyl (C=O) groups excluding carboxylic acids is 1. The molecular weight excluding hydrogens is 255 g/mol. The fourth-order valence-electron chi connectivity index (χ4n) is 3.52. The zero-order valence-electron chi connectivity index (χ0n) is 11.2. The van der Waals surface area contributed by atoms with Crippen LogP contribution in [-0.4, -0.2) is 17.9 Å². The number of hydrogen-bond donors (Lipinski definition) is 1. The van der Waals surface area contributed by atoms with Crippen molar-refractivity contribution in [3.63, 3.8) is 0 Å². The highest BCUT2D eigenvalue weighted by Crippen LogP contribution is 2.32. The fourth-order valence-corrected chi connectivity index (χ4v) is 3.52. The molecule has 0 amide bonds. The Hall–Kier alpha value is -1.73. The molecule has 20 heavy (non-hydrogen) atoms. The summed E-state index contributed by atoms with van der Waals surface area (Å²) in [6, 6.07) is 6.62. The third-order valence-electron chi connectivity index (χ3n) is 4.45. The van der Waals surface area contributed by atoms with Gasteiger partial charge in [-0.3, -0.25) is 4.79 Å². The number of nitrogens with zero attached hydrogens (tertiary/aromatic N) is 1. The van der Waals surface area contributed by atoms with Gasteiger partial charge in [-0.05, 0) is 43.9 Å². The lowest BCUT2D eigenvalue weighted by molar-refractivity contribution is 0.0824. The molecule has 104 valence electrons. The number of piperidine rings is 2. The molecule has 3 rings (SSSR count). The minimum atomic E-state index is -0.457. The van der Waals surface area contributed by atoms with Crippen LogP contribution in [0.5, 0.6) is 0 Å². The second kappa shape index (κ2) is 5.34. The van der Waals surface area contributed by atoms with Crippen molar-refractivity contribution in [1.82, 2.24) is 5.32 Å². The largest absolute Gasteiger partial charge is 0.311 e. The van der Waals surface area contributed by atoms with Gasteiger partial charge in [0.15, 0.2) is 5.78 Å². The summed E-state index contributed by atoms with van der Waals surface area (Å²) in [4.78, 5) is 12.6. The second-order valence-corrected chi connectivity index (χ2v) is 5.83. The third kappa shape index (κ3) is 2.46. The predicted molar refractivity (Wildman–Crippen MR) is 72.7 cm³/mol. The molecule has 3 nitrogen and oxygen atoms in total. The monoisotopic (exact) mass is 272 g/mol. The van der Waals surface area contributed by atoms with Crippen LogP contribution in [0.15, 0.2) is 18.2 Å². The van der Waals surface area contributed by atoms with E-state index in [0.717, 1.165) is 25.7 Å². The van der Waals surface area contributed by atoms with Gasteiger partial charge in [-0.15, -0.1) is 0 Å². The topological polar surface area (TPSA) is 52.9 Å². The smallest absolute Gasteiger partial charge is 0.167 e.